The Bertz CT molecular complexity index is 332. The van der Waals surface area contributed by atoms with Gasteiger partial charge in [0.2, 0.25) is 0 Å². The molecule has 0 bridgehead atoms. The van der Waals surface area contributed by atoms with Gasteiger partial charge in [-0.3, -0.25) is 4.79 Å². The van der Waals surface area contributed by atoms with Crippen LogP contribution in [-0.4, -0.2) is 19.4 Å². The molecular formula is C11H13Cl2NO. The fraction of sp³-hybridized carbons (Fsp3) is 0.364. The summed E-state index contributed by atoms with van der Waals surface area (Å²) in [5.41, 5.74) is 0.724. The van der Waals surface area contributed by atoms with Crippen LogP contribution >= 0.6 is 23.2 Å². The topological polar surface area (TPSA) is 29.1 Å². The van der Waals surface area contributed by atoms with Gasteiger partial charge in [0, 0.05) is 29.4 Å². The highest BCUT2D eigenvalue weighted by Gasteiger charge is 2.09. The zero-order chi connectivity index (χ0) is 11.3. The number of Topliss-reactive ketones (excluding diaryl/α,β-unsaturated/α-hetero) is 1. The van der Waals surface area contributed by atoms with E-state index in [9.17, 15) is 4.79 Å². The van der Waals surface area contributed by atoms with Crippen molar-refractivity contribution in [1.29, 1.82) is 0 Å². The fourth-order valence-electron chi connectivity index (χ4n) is 1.25. The van der Waals surface area contributed by atoms with Gasteiger partial charge in [0.1, 0.15) is 5.78 Å². The lowest BCUT2D eigenvalue weighted by molar-refractivity contribution is -0.118. The van der Waals surface area contributed by atoms with Crippen molar-refractivity contribution in [3.63, 3.8) is 0 Å². The first-order valence-corrected chi connectivity index (χ1v) is 5.50. The molecule has 0 aliphatic carbocycles. The highest BCUT2D eigenvalue weighted by atomic mass is 35.5. The van der Waals surface area contributed by atoms with Crippen LogP contribution in [0.1, 0.15) is 12.0 Å². The summed E-state index contributed by atoms with van der Waals surface area (Å²) in [6.07, 6.45) is 0.804. The van der Waals surface area contributed by atoms with E-state index in [1.807, 2.05) is 7.05 Å². The molecule has 1 N–H and O–H groups in total. The molecule has 82 valence electrons. The van der Waals surface area contributed by atoms with Crippen molar-refractivity contribution < 1.29 is 4.79 Å². The van der Waals surface area contributed by atoms with Crippen LogP contribution in [0.2, 0.25) is 10.0 Å². The molecule has 0 aliphatic rings. The van der Waals surface area contributed by atoms with E-state index in [0.29, 0.717) is 29.4 Å². The van der Waals surface area contributed by atoms with Gasteiger partial charge in [-0.1, -0.05) is 29.3 Å². The van der Waals surface area contributed by atoms with Crippen LogP contribution in [0, 0.1) is 0 Å². The minimum absolute atomic E-state index is 0.138. The van der Waals surface area contributed by atoms with E-state index in [1.165, 1.54) is 0 Å². The third-order valence-electron chi connectivity index (χ3n) is 2.09. The molecule has 15 heavy (non-hydrogen) atoms. The quantitative estimate of drug-likeness (QED) is 0.865. The van der Waals surface area contributed by atoms with Crippen LogP contribution in [-0.2, 0) is 11.2 Å². The van der Waals surface area contributed by atoms with Crippen molar-refractivity contribution >= 4 is 29.0 Å². The zero-order valence-corrected chi connectivity index (χ0v) is 10.0. The van der Waals surface area contributed by atoms with Gasteiger partial charge in [-0.25, -0.2) is 0 Å². The van der Waals surface area contributed by atoms with Crippen LogP contribution in [0.5, 0.6) is 0 Å². The number of ketones is 1. The van der Waals surface area contributed by atoms with Crippen molar-refractivity contribution in [2.45, 2.75) is 12.8 Å². The Labute approximate surface area is 99.6 Å². The van der Waals surface area contributed by atoms with Crippen LogP contribution < -0.4 is 5.32 Å². The predicted molar refractivity (Wildman–Crippen MR) is 63.7 cm³/mol. The molecule has 1 aromatic rings. The lowest BCUT2D eigenvalue weighted by Gasteiger charge is -2.05. The van der Waals surface area contributed by atoms with E-state index in [0.717, 1.165) is 5.56 Å². The smallest absolute Gasteiger partial charge is 0.138 e. The molecule has 1 aromatic carbocycles. The molecule has 0 saturated heterocycles. The molecule has 0 radical (unpaired) electrons. The molecule has 0 saturated carbocycles. The molecule has 0 aliphatic heterocycles. The average molecular weight is 246 g/mol. The van der Waals surface area contributed by atoms with E-state index in [2.05, 4.69) is 5.32 Å². The molecule has 0 unspecified atom stereocenters. The second kappa shape index (κ2) is 6.11. The van der Waals surface area contributed by atoms with Crippen molar-refractivity contribution in [2.75, 3.05) is 13.6 Å². The molecule has 0 spiro atoms. The monoisotopic (exact) mass is 245 g/mol. The first-order valence-electron chi connectivity index (χ1n) is 4.74. The normalized spacial score (nSPS) is 10.3. The molecule has 4 heteroatoms. The summed E-state index contributed by atoms with van der Waals surface area (Å²) in [4.78, 5) is 11.5. The molecular weight excluding hydrogens is 233 g/mol. The second-order valence-corrected chi connectivity index (χ2v) is 4.08. The Morgan fingerprint density at radius 3 is 2.47 bits per heavy atom. The number of nitrogens with one attached hydrogen (secondary N) is 1. The van der Waals surface area contributed by atoms with Gasteiger partial charge < -0.3 is 5.32 Å². The minimum Gasteiger partial charge on any atom is -0.319 e. The largest absolute Gasteiger partial charge is 0.319 e. The van der Waals surface area contributed by atoms with Gasteiger partial charge in [-0.05, 0) is 24.7 Å². The Hall–Kier alpha value is -0.570. The number of carbonyl (C=O) groups is 1. The second-order valence-electron chi connectivity index (χ2n) is 3.27. The number of halogens is 2. The lowest BCUT2D eigenvalue weighted by atomic mass is 10.1. The van der Waals surface area contributed by atoms with Gasteiger partial charge in [0.15, 0.2) is 0 Å². The van der Waals surface area contributed by atoms with Crippen molar-refractivity contribution in [2.24, 2.45) is 0 Å². The van der Waals surface area contributed by atoms with Crippen LogP contribution in [0.25, 0.3) is 0 Å². The first kappa shape index (κ1) is 12.5. The maximum absolute atomic E-state index is 11.5. The predicted octanol–water partition coefficient (Wildman–Crippen LogP) is 2.71. The molecule has 0 fully saturated rings. The summed E-state index contributed by atoms with van der Waals surface area (Å²) < 4.78 is 0. The Kier molecular flexibility index (Phi) is 5.09. The van der Waals surface area contributed by atoms with E-state index >= 15 is 0 Å². The van der Waals surface area contributed by atoms with Crippen LogP contribution in [0.4, 0.5) is 0 Å². The molecule has 0 heterocycles. The summed E-state index contributed by atoms with van der Waals surface area (Å²) in [5.74, 6) is 0.138. The zero-order valence-electron chi connectivity index (χ0n) is 8.52. The molecule has 2 nitrogen and oxygen atoms in total. The van der Waals surface area contributed by atoms with Gasteiger partial charge in [0.05, 0.1) is 0 Å². The van der Waals surface area contributed by atoms with Gasteiger partial charge >= 0.3 is 0 Å². The third kappa shape index (κ3) is 3.82. The molecule has 0 atom stereocenters. The first-order chi connectivity index (χ1) is 7.15. The summed E-state index contributed by atoms with van der Waals surface area (Å²) in [5, 5.41) is 4.04. The molecule has 0 aromatic heterocycles. The number of benzene rings is 1. The summed E-state index contributed by atoms with van der Waals surface area (Å²) >= 11 is 11.9. The fourth-order valence-corrected chi connectivity index (χ4v) is 1.78. The van der Waals surface area contributed by atoms with Crippen molar-refractivity contribution in [3.8, 4) is 0 Å². The maximum atomic E-state index is 11.5. The maximum Gasteiger partial charge on any atom is 0.138 e. The van der Waals surface area contributed by atoms with E-state index in [4.69, 9.17) is 23.2 Å². The average Bonchev–Trinajstić information content (AvgIpc) is 2.21. The molecule has 0 amide bonds. The van der Waals surface area contributed by atoms with Gasteiger partial charge in [-0.15, -0.1) is 0 Å². The lowest BCUT2D eigenvalue weighted by Crippen LogP contribution is -2.14. The minimum atomic E-state index is 0.138. The number of rotatable bonds is 5. The highest BCUT2D eigenvalue weighted by molar-refractivity contribution is 6.36. The number of carbonyl (C=O) groups excluding carboxylic acids is 1. The van der Waals surface area contributed by atoms with Crippen LogP contribution in [0.3, 0.4) is 0 Å². The Morgan fingerprint density at radius 1 is 1.33 bits per heavy atom. The summed E-state index contributed by atoms with van der Waals surface area (Å²) in [6, 6.07) is 5.26. The van der Waals surface area contributed by atoms with E-state index in [-0.39, 0.29) is 5.78 Å². The van der Waals surface area contributed by atoms with Crippen molar-refractivity contribution in [1.82, 2.24) is 5.32 Å². The number of hydrogen-bond acceptors (Lipinski definition) is 2. The van der Waals surface area contributed by atoms with Crippen molar-refractivity contribution in [3.05, 3.63) is 33.8 Å². The highest BCUT2D eigenvalue weighted by Crippen LogP contribution is 2.24. The summed E-state index contributed by atoms with van der Waals surface area (Å²) in [7, 11) is 1.82. The standard InChI is InChI=1S/C11H13Cl2NO/c1-14-6-5-8(15)7-9-10(12)3-2-4-11(9)13/h2-4,14H,5-7H2,1H3. The van der Waals surface area contributed by atoms with Gasteiger partial charge in [-0.2, -0.15) is 0 Å². The number of hydrogen-bond donors (Lipinski definition) is 1. The SMILES string of the molecule is CNCCC(=O)Cc1c(Cl)cccc1Cl. The van der Waals surface area contributed by atoms with E-state index < -0.39 is 0 Å². The Morgan fingerprint density at radius 2 is 1.93 bits per heavy atom. The van der Waals surface area contributed by atoms with Crippen LogP contribution in [0.15, 0.2) is 18.2 Å². The van der Waals surface area contributed by atoms with Gasteiger partial charge in [0.25, 0.3) is 0 Å². The Balaban J connectivity index is 2.68. The third-order valence-corrected chi connectivity index (χ3v) is 2.80. The van der Waals surface area contributed by atoms with E-state index in [1.54, 1.807) is 18.2 Å². The molecule has 1 rings (SSSR count). The summed E-state index contributed by atoms with van der Waals surface area (Å²) in [6.45, 7) is 0.681.